The van der Waals surface area contributed by atoms with Gasteiger partial charge in [0.2, 0.25) is 5.95 Å². The molecule has 0 saturated heterocycles. The molecule has 2 bridgehead atoms. The number of nitrogens with two attached hydrogens (primary N) is 1. The highest BCUT2D eigenvalue weighted by Crippen LogP contribution is 2.38. The number of furan rings is 2. The van der Waals surface area contributed by atoms with E-state index in [2.05, 4.69) is 25.5 Å². The summed E-state index contributed by atoms with van der Waals surface area (Å²) in [4.78, 5) is 8.59. The highest BCUT2D eigenvalue weighted by molar-refractivity contribution is 5.97. The molecular formula is C17H12N6O2. The number of nitrogen functional groups attached to an aromatic ring is 1. The summed E-state index contributed by atoms with van der Waals surface area (Å²) >= 11 is 0. The fourth-order valence-electron chi connectivity index (χ4n) is 2.92. The summed E-state index contributed by atoms with van der Waals surface area (Å²) in [7, 11) is 0. The summed E-state index contributed by atoms with van der Waals surface area (Å²) in [6, 6.07) is 11.0. The van der Waals surface area contributed by atoms with Crippen LogP contribution in [0.2, 0.25) is 0 Å². The van der Waals surface area contributed by atoms with Crippen LogP contribution < -0.4 is 11.1 Å². The van der Waals surface area contributed by atoms with Crippen LogP contribution in [-0.4, -0.2) is 25.3 Å². The number of nitrogens with zero attached hydrogens (tertiary/aromatic N) is 3. The van der Waals surface area contributed by atoms with Crippen LogP contribution in [0.4, 0.5) is 17.5 Å². The molecule has 4 heterocycles. The largest absolute Gasteiger partial charge is 0.504 e. The molecular weight excluding hydrogens is 320 g/mol. The Hall–Kier alpha value is -3.81. The SMILES string of the molecule is Nc1nc(Nc2cc3cc(O)c2o3)c2ccc(-c3ccn[nH]3)cc2n1. The van der Waals surface area contributed by atoms with E-state index in [1.807, 2.05) is 24.3 Å². The second-order valence-electron chi connectivity index (χ2n) is 5.68. The predicted octanol–water partition coefficient (Wildman–Crippen LogP) is 3.24. The van der Waals surface area contributed by atoms with E-state index in [-0.39, 0.29) is 11.7 Å². The molecule has 5 N–H and O–H groups in total. The Morgan fingerprint density at radius 2 is 2.04 bits per heavy atom. The van der Waals surface area contributed by atoms with Gasteiger partial charge in [0.15, 0.2) is 11.3 Å². The van der Waals surface area contributed by atoms with E-state index in [0.717, 1.165) is 16.6 Å². The van der Waals surface area contributed by atoms with Crippen LogP contribution in [0, 0.1) is 0 Å². The molecule has 0 atom stereocenters. The lowest BCUT2D eigenvalue weighted by Crippen LogP contribution is -2.01. The second kappa shape index (κ2) is 4.84. The second-order valence-corrected chi connectivity index (χ2v) is 5.68. The first kappa shape index (κ1) is 13.6. The number of aromatic amines is 1. The third kappa shape index (κ3) is 2.12. The molecule has 1 aromatic carbocycles. The molecule has 122 valence electrons. The van der Waals surface area contributed by atoms with Gasteiger partial charge in [0.25, 0.3) is 0 Å². The summed E-state index contributed by atoms with van der Waals surface area (Å²) in [5.74, 6) is 0.786. The first-order valence-electron chi connectivity index (χ1n) is 7.56. The molecule has 0 saturated carbocycles. The number of aromatic nitrogens is 4. The van der Waals surface area contributed by atoms with Crippen molar-refractivity contribution in [3.63, 3.8) is 0 Å². The maximum absolute atomic E-state index is 9.81. The molecule has 4 aromatic heterocycles. The number of phenols is 1. The van der Waals surface area contributed by atoms with Crippen LogP contribution in [-0.2, 0) is 0 Å². The quantitative estimate of drug-likeness (QED) is 0.399. The van der Waals surface area contributed by atoms with E-state index in [1.54, 1.807) is 18.3 Å². The van der Waals surface area contributed by atoms with Crippen LogP contribution in [0.1, 0.15) is 0 Å². The zero-order chi connectivity index (χ0) is 17.0. The van der Waals surface area contributed by atoms with Gasteiger partial charge in [-0.15, -0.1) is 0 Å². The number of fused-ring (bicyclic) bond motifs is 3. The molecule has 0 aliphatic heterocycles. The van der Waals surface area contributed by atoms with Crippen molar-refractivity contribution in [1.82, 2.24) is 20.2 Å². The molecule has 25 heavy (non-hydrogen) atoms. The smallest absolute Gasteiger partial charge is 0.222 e. The van der Waals surface area contributed by atoms with Gasteiger partial charge in [-0.2, -0.15) is 10.1 Å². The first-order chi connectivity index (χ1) is 12.2. The molecule has 0 spiro atoms. The van der Waals surface area contributed by atoms with Gasteiger partial charge in [0.1, 0.15) is 11.4 Å². The van der Waals surface area contributed by atoms with Crippen LogP contribution in [0.15, 0.2) is 47.0 Å². The number of hydrogen-bond acceptors (Lipinski definition) is 7. The number of nitrogens with one attached hydrogen (secondary N) is 2. The molecule has 0 fully saturated rings. The number of aromatic hydroxyl groups is 1. The molecule has 0 aliphatic carbocycles. The topological polar surface area (TPSA) is 126 Å². The molecule has 5 rings (SSSR count). The minimum absolute atomic E-state index is 0.0906. The van der Waals surface area contributed by atoms with Gasteiger partial charge >= 0.3 is 0 Å². The Balaban J connectivity index is 1.63. The minimum Gasteiger partial charge on any atom is -0.504 e. The molecule has 0 amide bonds. The Labute approximate surface area is 140 Å². The Morgan fingerprint density at radius 1 is 1.12 bits per heavy atom. The molecule has 0 aliphatic rings. The van der Waals surface area contributed by atoms with Gasteiger partial charge in [0.05, 0.1) is 16.9 Å². The van der Waals surface area contributed by atoms with Crippen molar-refractivity contribution in [3.8, 4) is 17.0 Å². The fraction of sp³-hybridized carbons (Fsp3) is 0. The van der Waals surface area contributed by atoms with E-state index in [4.69, 9.17) is 10.2 Å². The highest BCUT2D eigenvalue weighted by Gasteiger charge is 2.16. The minimum atomic E-state index is 0.0906. The van der Waals surface area contributed by atoms with Crippen molar-refractivity contribution in [2.75, 3.05) is 11.1 Å². The maximum atomic E-state index is 9.81. The lowest BCUT2D eigenvalue weighted by Gasteiger charge is -2.09. The van der Waals surface area contributed by atoms with Gasteiger partial charge in [-0.3, -0.25) is 5.10 Å². The summed E-state index contributed by atoms with van der Waals surface area (Å²) < 4.78 is 5.43. The highest BCUT2D eigenvalue weighted by atomic mass is 16.4. The van der Waals surface area contributed by atoms with E-state index in [1.165, 1.54) is 0 Å². The van der Waals surface area contributed by atoms with E-state index in [9.17, 15) is 5.11 Å². The van der Waals surface area contributed by atoms with E-state index >= 15 is 0 Å². The third-order valence-corrected chi connectivity index (χ3v) is 4.04. The maximum Gasteiger partial charge on any atom is 0.222 e. The van der Waals surface area contributed by atoms with Crippen LogP contribution in [0.3, 0.4) is 0 Å². The zero-order valence-electron chi connectivity index (χ0n) is 12.8. The van der Waals surface area contributed by atoms with Crippen molar-refractivity contribution in [3.05, 3.63) is 42.6 Å². The van der Waals surface area contributed by atoms with Crippen LogP contribution in [0.25, 0.3) is 33.3 Å². The average Bonchev–Trinajstić information content (AvgIpc) is 3.30. The van der Waals surface area contributed by atoms with Crippen LogP contribution >= 0.6 is 0 Å². The van der Waals surface area contributed by atoms with E-state index < -0.39 is 0 Å². The lowest BCUT2D eigenvalue weighted by molar-refractivity contribution is 0.476. The number of phenolic OH excluding ortho intramolecular Hbond substituents is 1. The van der Waals surface area contributed by atoms with Crippen molar-refractivity contribution >= 4 is 39.5 Å². The summed E-state index contributed by atoms with van der Waals surface area (Å²) in [6.07, 6.45) is 1.69. The summed E-state index contributed by atoms with van der Waals surface area (Å²) in [6.45, 7) is 0. The molecule has 0 unspecified atom stereocenters. The van der Waals surface area contributed by atoms with Crippen LogP contribution in [0.5, 0.6) is 5.75 Å². The van der Waals surface area contributed by atoms with Gasteiger partial charge in [-0.25, -0.2) is 4.98 Å². The zero-order valence-corrected chi connectivity index (χ0v) is 12.8. The molecule has 8 nitrogen and oxygen atoms in total. The fourth-order valence-corrected chi connectivity index (χ4v) is 2.92. The number of hydrogen-bond donors (Lipinski definition) is 4. The van der Waals surface area contributed by atoms with Gasteiger partial charge in [0, 0.05) is 29.3 Å². The molecule has 5 aromatic rings. The van der Waals surface area contributed by atoms with Crippen molar-refractivity contribution in [2.45, 2.75) is 0 Å². The van der Waals surface area contributed by atoms with Gasteiger partial charge in [-0.1, -0.05) is 6.07 Å². The van der Waals surface area contributed by atoms with Crippen molar-refractivity contribution in [2.24, 2.45) is 0 Å². The summed E-state index contributed by atoms with van der Waals surface area (Å²) in [5.41, 5.74) is 10.00. The van der Waals surface area contributed by atoms with Gasteiger partial charge in [-0.05, 0) is 18.2 Å². The monoisotopic (exact) mass is 332 g/mol. The first-order valence-corrected chi connectivity index (χ1v) is 7.56. The number of benzene rings is 2. The number of rotatable bonds is 3. The average molecular weight is 332 g/mol. The third-order valence-electron chi connectivity index (χ3n) is 4.04. The molecule has 0 radical (unpaired) electrons. The van der Waals surface area contributed by atoms with E-state index in [0.29, 0.717) is 28.2 Å². The Kier molecular flexibility index (Phi) is 2.64. The van der Waals surface area contributed by atoms with Gasteiger partial charge < -0.3 is 20.6 Å². The van der Waals surface area contributed by atoms with Crippen molar-refractivity contribution < 1.29 is 9.52 Å². The standard InChI is InChI=1S/C17H12N6O2/c18-17-21-12-5-8(11-3-4-19-23-11)1-2-10(12)16(22-17)20-13-6-9-7-14(24)15(13)25-9/h1-7,24H,(H,19,23)(H3,18,20,21,22). The number of H-pyrrole nitrogens is 1. The lowest BCUT2D eigenvalue weighted by atomic mass is 10.1. The summed E-state index contributed by atoms with van der Waals surface area (Å²) in [5, 5.41) is 20.7. The Bertz CT molecular complexity index is 1200. The Morgan fingerprint density at radius 3 is 2.80 bits per heavy atom. The predicted molar refractivity (Wildman–Crippen MR) is 93.9 cm³/mol. The number of anilines is 3. The normalized spacial score (nSPS) is 11.5. The molecule has 8 heteroatoms. The van der Waals surface area contributed by atoms with Crippen molar-refractivity contribution in [1.29, 1.82) is 0 Å².